The van der Waals surface area contributed by atoms with Crippen molar-refractivity contribution < 1.29 is 16.0 Å². The Morgan fingerprint density at radius 2 is 1.23 bits per heavy atom. The third-order valence-corrected chi connectivity index (χ3v) is 0.996. The second-order valence-electron chi connectivity index (χ2n) is 2.14. The van der Waals surface area contributed by atoms with Crippen LogP contribution in [-0.2, 0) is 3.74 Å². The molecule has 1 aromatic rings. The normalized spacial score (nSPS) is 10.1. The van der Waals surface area contributed by atoms with Gasteiger partial charge in [-0.1, -0.05) is 12.1 Å². The van der Waals surface area contributed by atoms with E-state index in [9.17, 15) is 0 Å². The van der Waals surface area contributed by atoms with Gasteiger partial charge in [-0.25, -0.2) is 0 Å². The first-order valence-electron chi connectivity index (χ1n) is 3.19. The molecule has 0 fully saturated rings. The third kappa shape index (κ3) is 8.97. The van der Waals surface area contributed by atoms with Gasteiger partial charge in [0.1, 0.15) is 0 Å². The van der Waals surface area contributed by atoms with E-state index in [1.54, 1.807) is 12.1 Å². The second kappa shape index (κ2) is 4.93. The minimum absolute atomic E-state index is 0.646. The van der Waals surface area contributed by atoms with Crippen LogP contribution >= 0.6 is 0 Å². The molecule has 7 heteroatoms. The van der Waals surface area contributed by atoms with Crippen LogP contribution in [0.4, 0.5) is 11.4 Å². The first-order chi connectivity index (χ1) is 5.80. The number of para-hydroxylation sites is 2. The molecule has 1 aromatic carbocycles. The molecule has 0 aliphatic heterocycles. The Balaban J connectivity index is 0.000000252. The van der Waals surface area contributed by atoms with Gasteiger partial charge in [0.15, 0.2) is 0 Å². The molecule has 0 unspecified atom stereocenters. The summed E-state index contributed by atoms with van der Waals surface area (Å²) in [6.07, 6.45) is 0. The van der Waals surface area contributed by atoms with Crippen LogP contribution in [0.15, 0.2) is 24.3 Å². The summed E-state index contributed by atoms with van der Waals surface area (Å²) in [5, 5.41) is 0. The van der Waals surface area contributed by atoms with E-state index < -0.39 is 14.5 Å². The van der Waals surface area contributed by atoms with E-state index in [0.29, 0.717) is 11.4 Å². The van der Waals surface area contributed by atoms with Crippen LogP contribution in [0.5, 0.6) is 0 Å². The predicted molar refractivity (Wildman–Crippen MR) is 48.4 cm³/mol. The Morgan fingerprint density at radius 1 is 1.00 bits per heavy atom. The molecule has 0 saturated carbocycles. The summed E-state index contributed by atoms with van der Waals surface area (Å²) >= 11 is -5.12. The number of anilines is 2. The van der Waals surface area contributed by atoms with E-state index in [1.807, 2.05) is 12.1 Å². The molecule has 0 aliphatic rings. The number of hydrogen-bond donors (Lipinski definition) is 5. The molecule has 0 aliphatic carbocycles. The van der Waals surface area contributed by atoms with Gasteiger partial charge in [-0.05, 0) is 12.1 Å². The maximum absolute atomic E-state index is 8.94. The van der Waals surface area contributed by atoms with Gasteiger partial charge in [-0.3, -0.25) is 0 Å². The van der Waals surface area contributed by atoms with Gasteiger partial charge in [0.25, 0.3) is 0 Å². The van der Waals surface area contributed by atoms with Crippen LogP contribution in [0.25, 0.3) is 0 Å². The van der Waals surface area contributed by atoms with E-state index in [2.05, 4.69) is 0 Å². The summed E-state index contributed by atoms with van der Waals surface area (Å²) in [5.41, 5.74) is 12.1. The molecule has 0 atom stereocenters. The van der Waals surface area contributed by atoms with Gasteiger partial charge in [0.05, 0.1) is 11.4 Å². The van der Waals surface area contributed by atoms with Crippen molar-refractivity contribution in [2.45, 2.75) is 0 Å². The second-order valence-corrected chi connectivity index (χ2v) is 4.30. The molecule has 6 nitrogen and oxygen atoms in total. The Hall–Kier alpha value is -0.942. The first-order valence-corrected chi connectivity index (χ1v) is 6.47. The minimum atomic E-state index is -5.12. The van der Waals surface area contributed by atoms with Crippen LogP contribution in [-0.4, -0.2) is 26.8 Å². The van der Waals surface area contributed by atoms with Gasteiger partial charge >= 0.3 is 30.5 Å². The van der Waals surface area contributed by atoms with Crippen molar-refractivity contribution in [1.29, 1.82) is 0 Å². The van der Waals surface area contributed by atoms with Crippen molar-refractivity contribution in [2.75, 3.05) is 11.5 Å². The zero-order chi connectivity index (χ0) is 10.5. The summed E-state index contributed by atoms with van der Waals surface area (Å²) in [7, 11) is 0. The van der Waals surface area contributed by atoms with Crippen LogP contribution in [0.2, 0.25) is 0 Å². The fourth-order valence-electron chi connectivity index (χ4n) is 0.511. The molecule has 0 bridgehead atoms. The average molecular weight is 250 g/mol. The molecule has 1 rings (SSSR count). The summed E-state index contributed by atoms with van der Waals surface area (Å²) < 4.78 is 30.7. The number of hydrogen-bond acceptors (Lipinski definition) is 3. The predicted octanol–water partition coefficient (Wildman–Crippen LogP) is -1.32. The number of rotatable bonds is 0. The summed E-state index contributed by atoms with van der Waals surface area (Å²) in [6, 6.07) is 7.25. The van der Waals surface area contributed by atoms with Gasteiger partial charge in [0.2, 0.25) is 0 Å². The maximum atomic E-state index is 8.94. The van der Waals surface area contributed by atoms with Crippen LogP contribution < -0.4 is 11.5 Å². The Labute approximate surface area is 78.2 Å². The standard InChI is InChI=1S/C6H8N2.AsH3O4/c7-5-3-1-2-4-6(5)8;2-1(3,4)5/h1-4H,7-8H2;(H3,2,3,4,5). The Bertz CT molecular complexity index is 282. The third-order valence-electron chi connectivity index (χ3n) is 0.996. The molecule has 0 heterocycles. The summed E-state index contributed by atoms with van der Waals surface area (Å²) in [4.78, 5) is 0. The van der Waals surface area contributed by atoms with Crippen molar-refractivity contribution >= 4 is 25.9 Å². The molecule has 0 saturated heterocycles. The van der Waals surface area contributed by atoms with Crippen LogP contribution in [0.1, 0.15) is 0 Å². The molecule has 13 heavy (non-hydrogen) atoms. The Kier molecular flexibility index (Phi) is 4.58. The average Bonchev–Trinajstić information content (AvgIpc) is 1.92. The van der Waals surface area contributed by atoms with Crippen LogP contribution in [0, 0.1) is 0 Å². The molecule has 7 N–H and O–H groups in total. The first kappa shape index (κ1) is 12.1. The van der Waals surface area contributed by atoms with E-state index >= 15 is 0 Å². The number of benzene rings is 1. The van der Waals surface area contributed by atoms with Crippen molar-refractivity contribution in [2.24, 2.45) is 0 Å². The number of nitrogen functional groups attached to an aromatic ring is 2. The van der Waals surface area contributed by atoms with Gasteiger partial charge < -0.3 is 11.5 Å². The SMILES string of the molecule is Nc1ccccc1N.O=[As](O)(O)O. The van der Waals surface area contributed by atoms with Crippen molar-refractivity contribution in [1.82, 2.24) is 0 Å². The van der Waals surface area contributed by atoms with Gasteiger partial charge in [-0.15, -0.1) is 0 Å². The van der Waals surface area contributed by atoms with Crippen molar-refractivity contribution in [3.8, 4) is 0 Å². The van der Waals surface area contributed by atoms with Gasteiger partial charge in [-0.2, -0.15) is 0 Å². The molecule has 74 valence electrons. The quantitative estimate of drug-likeness (QED) is 0.287. The number of nitrogens with two attached hydrogens (primary N) is 2. The van der Waals surface area contributed by atoms with Crippen molar-refractivity contribution in [3.63, 3.8) is 0 Å². The molecule has 0 radical (unpaired) electrons. The van der Waals surface area contributed by atoms with E-state index in [0.717, 1.165) is 0 Å². The van der Waals surface area contributed by atoms with Gasteiger partial charge in [0, 0.05) is 0 Å². The van der Waals surface area contributed by atoms with E-state index in [1.165, 1.54) is 0 Å². The topological polar surface area (TPSA) is 130 Å². The molecular formula is C6H11AsN2O4. The van der Waals surface area contributed by atoms with E-state index in [-0.39, 0.29) is 0 Å². The fraction of sp³-hybridized carbons (Fsp3) is 0. The molecule has 0 spiro atoms. The molecule has 0 aromatic heterocycles. The van der Waals surface area contributed by atoms with Crippen molar-refractivity contribution in [3.05, 3.63) is 24.3 Å². The Morgan fingerprint density at radius 3 is 1.38 bits per heavy atom. The zero-order valence-corrected chi connectivity index (χ0v) is 8.54. The zero-order valence-electron chi connectivity index (χ0n) is 6.66. The van der Waals surface area contributed by atoms with E-state index in [4.69, 9.17) is 27.5 Å². The summed E-state index contributed by atoms with van der Waals surface area (Å²) in [5.74, 6) is 0. The summed E-state index contributed by atoms with van der Waals surface area (Å²) in [6.45, 7) is 0. The van der Waals surface area contributed by atoms with Crippen LogP contribution in [0.3, 0.4) is 0 Å². The monoisotopic (exact) mass is 250 g/mol. The molecule has 0 amide bonds. The molecular weight excluding hydrogens is 239 g/mol. The fourth-order valence-corrected chi connectivity index (χ4v) is 0.511.